The van der Waals surface area contributed by atoms with Gasteiger partial charge in [-0.3, -0.25) is 14.6 Å². The molecule has 1 aromatic rings. The largest absolute Gasteiger partial charge is 0.299 e. The molecular formula is C14H22N2OS. The number of aryl methyl sites for hydroxylation is 1. The molecule has 0 radical (unpaired) electrons. The molecule has 3 nitrogen and oxygen atoms in total. The number of thiophene rings is 1. The molecule has 1 aliphatic heterocycles. The third-order valence-corrected chi connectivity index (χ3v) is 4.82. The Balaban J connectivity index is 1.96. The SMILES string of the molecule is Cc1ccc(C(=O)CN2CCN(C)C(C)(C)C2)s1. The van der Waals surface area contributed by atoms with Crippen LogP contribution in [-0.2, 0) is 0 Å². The highest BCUT2D eigenvalue weighted by atomic mass is 32.1. The van der Waals surface area contributed by atoms with E-state index in [1.807, 2.05) is 19.1 Å². The molecule has 0 N–H and O–H groups in total. The fraction of sp³-hybridized carbons (Fsp3) is 0.643. The highest BCUT2D eigenvalue weighted by molar-refractivity contribution is 7.14. The standard InChI is InChI=1S/C14H22N2OS/c1-11-5-6-13(18-11)12(17)9-16-8-7-15(4)14(2,3)10-16/h5-6H,7-10H2,1-4H3. The van der Waals surface area contributed by atoms with Crippen molar-refractivity contribution in [3.05, 3.63) is 21.9 Å². The van der Waals surface area contributed by atoms with Gasteiger partial charge in [-0.1, -0.05) is 0 Å². The van der Waals surface area contributed by atoms with E-state index in [1.54, 1.807) is 11.3 Å². The molecule has 0 aliphatic carbocycles. The zero-order chi connectivity index (χ0) is 13.3. The number of rotatable bonds is 3. The van der Waals surface area contributed by atoms with Crippen LogP contribution in [0.1, 0.15) is 28.4 Å². The fourth-order valence-electron chi connectivity index (χ4n) is 2.34. The average molecular weight is 266 g/mol. The summed E-state index contributed by atoms with van der Waals surface area (Å²) >= 11 is 1.60. The molecule has 0 aromatic carbocycles. The second kappa shape index (κ2) is 5.11. The molecule has 0 amide bonds. The van der Waals surface area contributed by atoms with Crippen LogP contribution in [0.2, 0.25) is 0 Å². The molecular weight excluding hydrogens is 244 g/mol. The molecule has 18 heavy (non-hydrogen) atoms. The first-order valence-corrected chi connectivity index (χ1v) is 7.23. The van der Waals surface area contributed by atoms with Gasteiger partial charge in [-0.25, -0.2) is 0 Å². The van der Waals surface area contributed by atoms with E-state index in [2.05, 4.69) is 30.7 Å². The van der Waals surface area contributed by atoms with Crippen LogP contribution >= 0.6 is 11.3 Å². The summed E-state index contributed by atoms with van der Waals surface area (Å²) < 4.78 is 0. The Hall–Kier alpha value is -0.710. The van der Waals surface area contributed by atoms with Crippen molar-refractivity contribution in [2.75, 3.05) is 33.2 Å². The minimum absolute atomic E-state index is 0.157. The summed E-state index contributed by atoms with van der Waals surface area (Å²) in [5, 5.41) is 0. The minimum Gasteiger partial charge on any atom is -0.299 e. The van der Waals surface area contributed by atoms with Gasteiger partial charge >= 0.3 is 0 Å². The Morgan fingerprint density at radius 2 is 2.11 bits per heavy atom. The van der Waals surface area contributed by atoms with Crippen LogP contribution in [0, 0.1) is 6.92 Å². The van der Waals surface area contributed by atoms with Crippen molar-refractivity contribution in [3.63, 3.8) is 0 Å². The van der Waals surface area contributed by atoms with Crippen LogP contribution in [0.15, 0.2) is 12.1 Å². The number of nitrogens with zero attached hydrogens (tertiary/aromatic N) is 2. The Kier molecular flexibility index (Phi) is 3.90. The van der Waals surface area contributed by atoms with Gasteiger partial charge in [-0.15, -0.1) is 11.3 Å². The minimum atomic E-state index is 0.157. The molecule has 2 rings (SSSR count). The first kappa shape index (κ1) is 13.7. The van der Waals surface area contributed by atoms with Gasteiger partial charge in [0.25, 0.3) is 0 Å². The Morgan fingerprint density at radius 1 is 1.39 bits per heavy atom. The van der Waals surface area contributed by atoms with Crippen LogP contribution in [0.25, 0.3) is 0 Å². The molecule has 0 bridgehead atoms. The Labute approximate surface area is 113 Å². The summed E-state index contributed by atoms with van der Waals surface area (Å²) in [4.78, 5) is 18.9. The van der Waals surface area contributed by atoms with E-state index in [0.717, 1.165) is 24.5 Å². The molecule has 1 aliphatic rings. The molecule has 4 heteroatoms. The van der Waals surface area contributed by atoms with E-state index in [-0.39, 0.29) is 11.3 Å². The Bertz CT molecular complexity index is 439. The second-order valence-corrected chi connectivity index (χ2v) is 7.07. The van der Waals surface area contributed by atoms with Gasteiger partial charge in [-0.05, 0) is 40.0 Å². The van der Waals surface area contributed by atoms with Crippen molar-refractivity contribution < 1.29 is 4.79 Å². The molecule has 0 saturated carbocycles. The maximum Gasteiger partial charge on any atom is 0.186 e. The first-order chi connectivity index (χ1) is 8.38. The van der Waals surface area contributed by atoms with Gasteiger partial charge in [0, 0.05) is 30.1 Å². The van der Waals surface area contributed by atoms with Crippen molar-refractivity contribution >= 4 is 17.1 Å². The van der Waals surface area contributed by atoms with E-state index in [1.165, 1.54) is 4.88 Å². The van der Waals surface area contributed by atoms with Crippen LogP contribution in [0.5, 0.6) is 0 Å². The maximum absolute atomic E-state index is 12.2. The van der Waals surface area contributed by atoms with Crippen molar-refractivity contribution in [2.45, 2.75) is 26.3 Å². The maximum atomic E-state index is 12.2. The van der Waals surface area contributed by atoms with E-state index >= 15 is 0 Å². The lowest BCUT2D eigenvalue weighted by Crippen LogP contribution is -2.58. The van der Waals surface area contributed by atoms with E-state index in [0.29, 0.717) is 6.54 Å². The lowest BCUT2D eigenvalue weighted by Gasteiger charge is -2.45. The number of Topliss-reactive ketones (excluding diaryl/α,β-unsaturated/α-hetero) is 1. The number of ketones is 1. The third-order valence-electron chi connectivity index (χ3n) is 3.78. The molecule has 0 spiro atoms. The van der Waals surface area contributed by atoms with Gasteiger partial charge in [0.2, 0.25) is 0 Å². The number of carbonyl (C=O) groups excluding carboxylic acids is 1. The molecule has 100 valence electrons. The first-order valence-electron chi connectivity index (χ1n) is 6.42. The van der Waals surface area contributed by atoms with Crippen LogP contribution in [-0.4, -0.2) is 54.3 Å². The molecule has 2 heterocycles. The number of carbonyl (C=O) groups is 1. The van der Waals surface area contributed by atoms with Crippen molar-refractivity contribution in [2.24, 2.45) is 0 Å². The molecule has 1 fully saturated rings. The lowest BCUT2D eigenvalue weighted by atomic mass is 9.99. The highest BCUT2D eigenvalue weighted by Crippen LogP contribution is 2.20. The Morgan fingerprint density at radius 3 is 2.67 bits per heavy atom. The fourth-order valence-corrected chi connectivity index (χ4v) is 3.14. The van der Waals surface area contributed by atoms with Crippen molar-refractivity contribution in [3.8, 4) is 0 Å². The van der Waals surface area contributed by atoms with Gasteiger partial charge in [0.05, 0.1) is 11.4 Å². The monoisotopic (exact) mass is 266 g/mol. The van der Waals surface area contributed by atoms with Gasteiger partial charge in [0.1, 0.15) is 0 Å². The predicted octanol–water partition coefficient (Wildman–Crippen LogP) is 2.27. The molecule has 1 saturated heterocycles. The number of piperazine rings is 1. The smallest absolute Gasteiger partial charge is 0.186 e. The van der Waals surface area contributed by atoms with E-state index in [9.17, 15) is 4.79 Å². The second-order valence-electron chi connectivity index (χ2n) is 5.78. The van der Waals surface area contributed by atoms with Crippen LogP contribution in [0.3, 0.4) is 0 Å². The number of likely N-dealkylation sites (N-methyl/N-ethyl adjacent to an activating group) is 1. The zero-order valence-electron chi connectivity index (χ0n) is 11.7. The normalized spacial score (nSPS) is 21.1. The summed E-state index contributed by atoms with van der Waals surface area (Å²) in [6.45, 7) is 10.0. The summed E-state index contributed by atoms with van der Waals surface area (Å²) in [6, 6.07) is 3.97. The van der Waals surface area contributed by atoms with Crippen LogP contribution < -0.4 is 0 Å². The van der Waals surface area contributed by atoms with Gasteiger partial charge in [-0.2, -0.15) is 0 Å². The zero-order valence-corrected chi connectivity index (χ0v) is 12.5. The average Bonchev–Trinajstić information content (AvgIpc) is 2.70. The molecule has 0 unspecified atom stereocenters. The van der Waals surface area contributed by atoms with Crippen molar-refractivity contribution in [1.82, 2.24) is 9.80 Å². The van der Waals surface area contributed by atoms with Crippen LogP contribution in [0.4, 0.5) is 0 Å². The summed E-state index contributed by atoms with van der Waals surface area (Å²) in [5.74, 6) is 0.258. The van der Waals surface area contributed by atoms with E-state index in [4.69, 9.17) is 0 Å². The van der Waals surface area contributed by atoms with Crippen molar-refractivity contribution in [1.29, 1.82) is 0 Å². The summed E-state index contributed by atoms with van der Waals surface area (Å²) in [6.07, 6.45) is 0. The predicted molar refractivity (Wildman–Crippen MR) is 76.5 cm³/mol. The highest BCUT2D eigenvalue weighted by Gasteiger charge is 2.31. The number of hydrogen-bond acceptors (Lipinski definition) is 4. The quantitative estimate of drug-likeness (QED) is 0.784. The summed E-state index contributed by atoms with van der Waals surface area (Å²) in [7, 11) is 2.15. The summed E-state index contributed by atoms with van der Waals surface area (Å²) in [5.41, 5.74) is 0.157. The lowest BCUT2D eigenvalue weighted by molar-refractivity contribution is 0.0391. The van der Waals surface area contributed by atoms with Gasteiger partial charge < -0.3 is 0 Å². The molecule has 1 aromatic heterocycles. The molecule has 0 atom stereocenters. The van der Waals surface area contributed by atoms with Gasteiger partial charge in [0.15, 0.2) is 5.78 Å². The van der Waals surface area contributed by atoms with E-state index < -0.39 is 0 Å². The number of hydrogen-bond donors (Lipinski definition) is 0. The topological polar surface area (TPSA) is 23.6 Å². The third kappa shape index (κ3) is 2.99.